The van der Waals surface area contributed by atoms with Gasteiger partial charge in [0.25, 0.3) is 5.91 Å². The average Bonchev–Trinajstić information content (AvgIpc) is 2.34. The summed E-state index contributed by atoms with van der Waals surface area (Å²) in [6, 6.07) is 7.23. The Labute approximate surface area is 101 Å². The van der Waals surface area contributed by atoms with Crippen LogP contribution >= 0.6 is 0 Å². The summed E-state index contributed by atoms with van der Waals surface area (Å²) >= 11 is 0. The summed E-state index contributed by atoms with van der Waals surface area (Å²) in [5.41, 5.74) is 1.62. The fourth-order valence-electron chi connectivity index (χ4n) is 1.29. The van der Waals surface area contributed by atoms with Gasteiger partial charge in [-0.3, -0.25) is 9.59 Å². The van der Waals surface area contributed by atoms with Crippen LogP contribution in [0.25, 0.3) is 6.08 Å². The maximum Gasteiger partial charge on any atom is 0.251 e. The number of carbonyl (C=O) groups excluding carboxylic acids is 2. The molecule has 0 radical (unpaired) electrons. The van der Waals surface area contributed by atoms with Gasteiger partial charge in [0.05, 0.1) is 0 Å². The second-order valence-electron chi connectivity index (χ2n) is 3.54. The van der Waals surface area contributed by atoms with E-state index in [1.54, 1.807) is 19.2 Å². The summed E-state index contributed by atoms with van der Waals surface area (Å²) in [5.74, 6) is -0.150. The molecule has 0 atom stereocenters. The zero-order valence-corrected chi connectivity index (χ0v) is 9.99. The van der Waals surface area contributed by atoms with Crippen LogP contribution in [0.4, 0.5) is 0 Å². The molecule has 0 heterocycles. The number of hydrogen-bond donors (Lipinski definition) is 2. The fraction of sp³-hybridized carbons (Fsp3) is 0.231. The lowest BCUT2D eigenvalue weighted by Gasteiger charge is -2.00. The molecule has 4 nitrogen and oxygen atoms in total. The zero-order valence-electron chi connectivity index (χ0n) is 9.99. The topological polar surface area (TPSA) is 58.2 Å². The van der Waals surface area contributed by atoms with Gasteiger partial charge in [0, 0.05) is 26.1 Å². The van der Waals surface area contributed by atoms with E-state index in [4.69, 9.17) is 0 Å². The number of benzene rings is 1. The van der Waals surface area contributed by atoms with Gasteiger partial charge in [-0.15, -0.1) is 0 Å². The number of rotatable bonds is 4. The summed E-state index contributed by atoms with van der Waals surface area (Å²) < 4.78 is 0. The minimum absolute atomic E-state index is 0.0513. The molecule has 0 fully saturated rings. The first kappa shape index (κ1) is 13.0. The van der Waals surface area contributed by atoms with E-state index in [0.29, 0.717) is 12.1 Å². The van der Waals surface area contributed by atoms with Crippen molar-refractivity contribution in [2.75, 3.05) is 13.6 Å². The van der Waals surface area contributed by atoms with Gasteiger partial charge in [0.2, 0.25) is 5.91 Å². The third-order valence-corrected chi connectivity index (χ3v) is 2.18. The molecule has 0 unspecified atom stereocenters. The van der Waals surface area contributed by atoms with E-state index in [1.807, 2.05) is 24.3 Å². The maximum atomic E-state index is 11.3. The van der Waals surface area contributed by atoms with E-state index < -0.39 is 0 Å². The molecule has 4 heteroatoms. The van der Waals surface area contributed by atoms with Gasteiger partial charge >= 0.3 is 0 Å². The predicted octanol–water partition coefficient (Wildman–Crippen LogP) is 1.20. The van der Waals surface area contributed by atoms with E-state index in [1.165, 1.54) is 6.92 Å². The van der Waals surface area contributed by atoms with E-state index in [-0.39, 0.29) is 11.8 Å². The van der Waals surface area contributed by atoms with E-state index >= 15 is 0 Å². The molecule has 1 rings (SSSR count). The van der Waals surface area contributed by atoms with Crippen molar-refractivity contribution in [2.24, 2.45) is 0 Å². The van der Waals surface area contributed by atoms with Gasteiger partial charge in [-0.25, -0.2) is 0 Å². The molecule has 17 heavy (non-hydrogen) atoms. The van der Waals surface area contributed by atoms with E-state index in [9.17, 15) is 9.59 Å². The average molecular weight is 232 g/mol. The van der Waals surface area contributed by atoms with Gasteiger partial charge < -0.3 is 10.6 Å². The first-order chi connectivity index (χ1) is 8.13. The minimum atomic E-state index is -0.0984. The highest BCUT2D eigenvalue weighted by atomic mass is 16.2. The van der Waals surface area contributed by atoms with Gasteiger partial charge in [0.1, 0.15) is 0 Å². The van der Waals surface area contributed by atoms with Crippen LogP contribution < -0.4 is 10.6 Å². The Morgan fingerprint density at radius 3 is 2.41 bits per heavy atom. The van der Waals surface area contributed by atoms with Crippen LogP contribution in [0.3, 0.4) is 0 Å². The van der Waals surface area contributed by atoms with Gasteiger partial charge in [-0.05, 0) is 17.7 Å². The highest BCUT2D eigenvalue weighted by Gasteiger charge is 2.00. The third-order valence-electron chi connectivity index (χ3n) is 2.18. The van der Waals surface area contributed by atoms with Gasteiger partial charge in [-0.2, -0.15) is 0 Å². The summed E-state index contributed by atoms with van der Waals surface area (Å²) in [7, 11) is 1.60. The molecule has 0 saturated heterocycles. The molecule has 2 N–H and O–H groups in total. The molecule has 0 aliphatic heterocycles. The SMILES string of the molecule is CNC(=O)c1ccc(C=CCNC(C)=O)cc1. The van der Waals surface area contributed by atoms with Crippen LogP contribution in [0.15, 0.2) is 30.3 Å². The molecule has 90 valence electrons. The molecule has 0 aliphatic carbocycles. The highest BCUT2D eigenvalue weighted by molar-refractivity contribution is 5.94. The number of hydrogen-bond acceptors (Lipinski definition) is 2. The fourth-order valence-corrected chi connectivity index (χ4v) is 1.29. The van der Waals surface area contributed by atoms with Crippen molar-refractivity contribution in [1.82, 2.24) is 10.6 Å². The van der Waals surface area contributed by atoms with Gasteiger partial charge in [0.15, 0.2) is 0 Å². The smallest absolute Gasteiger partial charge is 0.251 e. The largest absolute Gasteiger partial charge is 0.355 e. The van der Waals surface area contributed by atoms with Crippen molar-refractivity contribution in [1.29, 1.82) is 0 Å². The van der Waals surface area contributed by atoms with E-state index in [0.717, 1.165) is 5.56 Å². The summed E-state index contributed by atoms with van der Waals surface area (Å²) in [6.45, 7) is 1.98. The van der Waals surface area contributed by atoms with Crippen LogP contribution in [-0.4, -0.2) is 25.4 Å². The van der Waals surface area contributed by atoms with Crippen LogP contribution in [0.2, 0.25) is 0 Å². The van der Waals surface area contributed by atoms with Crippen molar-refractivity contribution in [3.05, 3.63) is 41.5 Å². The van der Waals surface area contributed by atoms with Crippen molar-refractivity contribution >= 4 is 17.9 Å². The Morgan fingerprint density at radius 1 is 1.24 bits per heavy atom. The molecular formula is C13H16N2O2. The summed E-state index contributed by atoms with van der Waals surface area (Å²) in [6.07, 6.45) is 3.75. The Balaban J connectivity index is 2.56. The molecule has 1 aromatic rings. The maximum absolute atomic E-state index is 11.3. The normalized spacial score (nSPS) is 10.2. The monoisotopic (exact) mass is 232 g/mol. The van der Waals surface area contributed by atoms with Crippen molar-refractivity contribution in [3.8, 4) is 0 Å². The lowest BCUT2D eigenvalue weighted by molar-refractivity contribution is -0.118. The molecule has 2 amide bonds. The standard InChI is InChI=1S/C13H16N2O2/c1-10(16)15-9-3-4-11-5-7-12(8-6-11)13(17)14-2/h3-8H,9H2,1-2H3,(H,14,17)(H,15,16). The van der Waals surface area contributed by atoms with Crippen molar-refractivity contribution < 1.29 is 9.59 Å². The second-order valence-corrected chi connectivity index (χ2v) is 3.54. The molecular weight excluding hydrogens is 216 g/mol. The lowest BCUT2D eigenvalue weighted by atomic mass is 10.1. The van der Waals surface area contributed by atoms with Crippen LogP contribution in [0.1, 0.15) is 22.8 Å². The third kappa shape index (κ3) is 4.51. The minimum Gasteiger partial charge on any atom is -0.355 e. The first-order valence-electron chi connectivity index (χ1n) is 5.36. The molecule has 0 spiro atoms. The van der Waals surface area contributed by atoms with Crippen molar-refractivity contribution in [2.45, 2.75) is 6.92 Å². The molecule has 0 aliphatic rings. The Kier molecular flexibility index (Phi) is 4.94. The molecule has 0 bridgehead atoms. The van der Waals surface area contributed by atoms with E-state index in [2.05, 4.69) is 10.6 Å². The number of nitrogens with one attached hydrogen (secondary N) is 2. The lowest BCUT2D eigenvalue weighted by Crippen LogP contribution is -2.19. The van der Waals surface area contributed by atoms with Gasteiger partial charge in [-0.1, -0.05) is 24.3 Å². The predicted molar refractivity (Wildman–Crippen MR) is 67.5 cm³/mol. The highest BCUT2D eigenvalue weighted by Crippen LogP contribution is 2.05. The van der Waals surface area contributed by atoms with Crippen LogP contribution in [0.5, 0.6) is 0 Å². The summed E-state index contributed by atoms with van der Waals surface area (Å²) in [5, 5.41) is 5.23. The Morgan fingerprint density at radius 2 is 1.88 bits per heavy atom. The first-order valence-corrected chi connectivity index (χ1v) is 5.36. The number of carbonyl (C=O) groups is 2. The quantitative estimate of drug-likeness (QED) is 0.819. The van der Waals surface area contributed by atoms with Crippen molar-refractivity contribution in [3.63, 3.8) is 0 Å². The molecule has 0 aromatic heterocycles. The molecule has 1 aromatic carbocycles. The van der Waals surface area contributed by atoms with Crippen LogP contribution in [-0.2, 0) is 4.79 Å². The Hall–Kier alpha value is -2.10. The second kappa shape index (κ2) is 6.48. The Bertz CT molecular complexity index is 422. The molecule has 0 saturated carbocycles. The number of amides is 2. The zero-order chi connectivity index (χ0) is 12.7. The summed E-state index contributed by atoms with van der Waals surface area (Å²) in [4.78, 5) is 21.9. The van der Waals surface area contributed by atoms with Crippen LogP contribution in [0, 0.1) is 0 Å².